The predicted molar refractivity (Wildman–Crippen MR) is 54.1 cm³/mol. The van der Waals surface area contributed by atoms with E-state index in [2.05, 4.69) is 37.0 Å². The standard InChI is InChI=1S/C5H4Br2N2O3S/c1-13(11,12)9-5(10)4(7)3(6)2-8-9/h2H,1H3. The molecule has 0 saturated carbocycles. The molecule has 1 rings (SSSR count). The van der Waals surface area contributed by atoms with Gasteiger partial charge in [-0.05, 0) is 31.9 Å². The first-order valence-corrected chi connectivity index (χ1v) is 6.41. The fourth-order valence-electron chi connectivity index (χ4n) is 0.635. The molecule has 0 amide bonds. The highest BCUT2D eigenvalue weighted by Gasteiger charge is 2.13. The van der Waals surface area contributed by atoms with E-state index in [0.717, 1.165) is 6.26 Å². The van der Waals surface area contributed by atoms with Gasteiger partial charge in [-0.3, -0.25) is 4.79 Å². The van der Waals surface area contributed by atoms with Gasteiger partial charge in [0.15, 0.2) is 0 Å². The average Bonchev–Trinajstić information content (AvgIpc) is 1.98. The zero-order valence-electron chi connectivity index (χ0n) is 6.36. The highest BCUT2D eigenvalue weighted by atomic mass is 79.9. The number of halogens is 2. The van der Waals surface area contributed by atoms with Crippen LogP contribution in [0.3, 0.4) is 0 Å². The van der Waals surface area contributed by atoms with Crippen LogP contribution in [0.5, 0.6) is 0 Å². The van der Waals surface area contributed by atoms with Gasteiger partial charge in [-0.1, -0.05) is 0 Å². The second-order valence-corrected chi connectivity index (χ2v) is 5.68. The van der Waals surface area contributed by atoms with E-state index >= 15 is 0 Å². The van der Waals surface area contributed by atoms with Crippen LogP contribution in [-0.4, -0.2) is 23.9 Å². The molecule has 5 nitrogen and oxygen atoms in total. The Hall–Kier alpha value is -0.210. The maximum atomic E-state index is 11.3. The topological polar surface area (TPSA) is 69.0 Å². The first kappa shape index (κ1) is 10.9. The lowest BCUT2D eigenvalue weighted by molar-refractivity contribution is 0.581. The van der Waals surface area contributed by atoms with Crippen molar-refractivity contribution >= 4 is 41.9 Å². The van der Waals surface area contributed by atoms with Crippen LogP contribution in [0.1, 0.15) is 0 Å². The molecule has 0 bridgehead atoms. The normalized spacial score (nSPS) is 11.6. The number of rotatable bonds is 1. The lowest BCUT2D eigenvalue weighted by atomic mass is 10.6. The molecule has 8 heteroatoms. The molecular formula is C5H4Br2N2O3S. The van der Waals surface area contributed by atoms with E-state index in [1.165, 1.54) is 6.20 Å². The third-order valence-electron chi connectivity index (χ3n) is 1.16. The van der Waals surface area contributed by atoms with Gasteiger partial charge in [0, 0.05) is 0 Å². The van der Waals surface area contributed by atoms with Gasteiger partial charge in [0.1, 0.15) is 4.47 Å². The fraction of sp³-hybridized carbons (Fsp3) is 0.200. The molecule has 13 heavy (non-hydrogen) atoms. The van der Waals surface area contributed by atoms with E-state index in [1.54, 1.807) is 0 Å². The fourth-order valence-corrected chi connectivity index (χ4v) is 1.89. The summed E-state index contributed by atoms with van der Waals surface area (Å²) in [4.78, 5) is 11.3. The first-order valence-electron chi connectivity index (χ1n) is 2.98. The van der Waals surface area contributed by atoms with Crippen molar-refractivity contribution in [3.8, 4) is 0 Å². The summed E-state index contributed by atoms with van der Waals surface area (Å²) in [5, 5.41) is 3.45. The van der Waals surface area contributed by atoms with Crippen LogP contribution < -0.4 is 5.56 Å². The molecule has 0 aliphatic carbocycles. The highest BCUT2D eigenvalue weighted by Crippen LogP contribution is 2.16. The smallest absolute Gasteiger partial charge is 0.265 e. The van der Waals surface area contributed by atoms with Gasteiger partial charge in [-0.2, -0.15) is 5.10 Å². The first-order chi connectivity index (χ1) is 5.84. The second kappa shape index (κ2) is 3.50. The molecule has 0 radical (unpaired) electrons. The molecule has 1 aromatic rings. The molecule has 0 aromatic carbocycles. The Balaban J connectivity index is 3.64. The number of hydrogen-bond acceptors (Lipinski definition) is 4. The summed E-state index contributed by atoms with van der Waals surface area (Å²) in [6.45, 7) is 0. The molecule has 1 aromatic heterocycles. The van der Waals surface area contributed by atoms with E-state index in [1.807, 2.05) is 0 Å². The van der Waals surface area contributed by atoms with E-state index in [9.17, 15) is 13.2 Å². The Kier molecular flexibility index (Phi) is 2.93. The second-order valence-electron chi connectivity index (χ2n) is 2.22. The van der Waals surface area contributed by atoms with Crippen molar-refractivity contribution in [1.82, 2.24) is 9.19 Å². The minimum atomic E-state index is -3.63. The summed E-state index contributed by atoms with van der Waals surface area (Å²) >= 11 is 5.97. The summed E-state index contributed by atoms with van der Waals surface area (Å²) in [5.74, 6) is 0. The number of aromatic nitrogens is 2. The van der Waals surface area contributed by atoms with Crippen molar-refractivity contribution in [2.24, 2.45) is 0 Å². The highest BCUT2D eigenvalue weighted by molar-refractivity contribution is 9.13. The Labute approximate surface area is 91.1 Å². The molecule has 0 saturated heterocycles. The molecule has 0 aliphatic heterocycles. The van der Waals surface area contributed by atoms with Gasteiger partial charge in [0.05, 0.1) is 16.9 Å². The lowest BCUT2D eigenvalue weighted by Gasteiger charge is -2.01. The molecule has 0 spiro atoms. The van der Waals surface area contributed by atoms with Crippen LogP contribution in [0.4, 0.5) is 0 Å². The largest absolute Gasteiger partial charge is 0.296 e. The Morgan fingerprint density at radius 1 is 1.46 bits per heavy atom. The minimum absolute atomic E-state index is 0.132. The van der Waals surface area contributed by atoms with Crippen LogP contribution in [0.25, 0.3) is 0 Å². The monoisotopic (exact) mass is 330 g/mol. The maximum Gasteiger partial charge on any atom is 0.296 e. The zero-order valence-corrected chi connectivity index (χ0v) is 10.3. The van der Waals surface area contributed by atoms with Crippen LogP contribution in [0.15, 0.2) is 19.9 Å². The summed E-state index contributed by atoms with van der Waals surface area (Å²) < 4.78 is 22.9. The van der Waals surface area contributed by atoms with E-state index in [-0.39, 0.29) is 4.47 Å². The van der Waals surface area contributed by atoms with Gasteiger partial charge in [-0.25, -0.2) is 8.42 Å². The molecule has 72 valence electrons. The molecule has 1 heterocycles. The Morgan fingerprint density at radius 3 is 2.46 bits per heavy atom. The predicted octanol–water partition coefficient (Wildman–Crippen LogP) is 0.576. The molecule has 0 aliphatic rings. The van der Waals surface area contributed by atoms with E-state index < -0.39 is 15.6 Å². The van der Waals surface area contributed by atoms with Crippen LogP contribution in [-0.2, 0) is 10.0 Å². The van der Waals surface area contributed by atoms with Gasteiger partial charge in [0.2, 0.25) is 0 Å². The van der Waals surface area contributed by atoms with Crippen LogP contribution >= 0.6 is 31.9 Å². The van der Waals surface area contributed by atoms with Crippen molar-refractivity contribution in [3.63, 3.8) is 0 Å². The zero-order chi connectivity index (χ0) is 10.2. The number of hydrogen-bond donors (Lipinski definition) is 0. The molecule has 0 unspecified atom stereocenters. The van der Waals surface area contributed by atoms with E-state index in [0.29, 0.717) is 8.56 Å². The van der Waals surface area contributed by atoms with Crippen molar-refractivity contribution in [1.29, 1.82) is 0 Å². The van der Waals surface area contributed by atoms with E-state index in [4.69, 9.17) is 0 Å². The number of nitrogens with zero attached hydrogens (tertiary/aromatic N) is 2. The molecule has 0 fully saturated rings. The lowest BCUT2D eigenvalue weighted by Crippen LogP contribution is -2.29. The Bertz CT molecular complexity index is 493. The van der Waals surface area contributed by atoms with Crippen molar-refractivity contribution in [2.75, 3.05) is 6.26 Å². The summed E-state index contributed by atoms with van der Waals surface area (Å²) in [5.41, 5.74) is -0.711. The summed E-state index contributed by atoms with van der Waals surface area (Å²) in [7, 11) is -3.63. The van der Waals surface area contributed by atoms with Crippen LogP contribution in [0, 0.1) is 0 Å². The third kappa shape index (κ3) is 2.18. The van der Waals surface area contributed by atoms with Gasteiger partial charge in [0.25, 0.3) is 15.6 Å². The summed E-state index contributed by atoms with van der Waals surface area (Å²) in [6, 6.07) is 0. The maximum absolute atomic E-state index is 11.3. The minimum Gasteiger partial charge on any atom is -0.265 e. The van der Waals surface area contributed by atoms with Gasteiger partial charge >= 0.3 is 0 Å². The third-order valence-corrected chi connectivity index (χ3v) is 3.95. The quantitative estimate of drug-likeness (QED) is 0.754. The Morgan fingerprint density at radius 2 is 2.00 bits per heavy atom. The van der Waals surface area contributed by atoms with Crippen molar-refractivity contribution in [3.05, 3.63) is 25.5 Å². The SMILES string of the molecule is CS(=O)(=O)n1ncc(Br)c(Br)c1=O. The molecular weight excluding hydrogens is 328 g/mol. The van der Waals surface area contributed by atoms with Crippen molar-refractivity contribution in [2.45, 2.75) is 0 Å². The molecule has 0 atom stereocenters. The average molecular weight is 332 g/mol. The summed E-state index contributed by atoms with van der Waals surface area (Å²) in [6.07, 6.45) is 2.13. The van der Waals surface area contributed by atoms with Gasteiger partial charge < -0.3 is 0 Å². The van der Waals surface area contributed by atoms with Crippen molar-refractivity contribution < 1.29 is 8.42 Å². The van der Waals surface area contributed by atoms with Gasteiger partial charge in [-0.15, -0.1) is 4.09 Å². The van der Waals surface area contributed by atoms with Crippen LogP contribution in [0.2, 0.25) is 0 Å². The molecule has 0 N–H and O–H groups in total.